The van der Waals surface area contributed by atoms with Gasteiger partial charge in [0.2, 0.25) is 5.75 Å². The molecule has 1 aromatic heterocycles. The van der Waals surface area contributed by atoms with Gasteiger partial charge >= 0.3 is 0 Å². The van der Waals surface area contributed by atoms with Crippen LogP contribution in [-0.4, -0.2) is 35.2 Å². The van der Waals surface area contributed by atoms with E-state index >= 15 is 0 Å². The predicted molar refractivity (Wildman–Crippen MR) is 83.9 cm³/mol. The zero-order chi connectivity index (χ0) is 15.5. The third kappa shape index (κ3) is 2.46. The van der Waals surface area contributed by atoms with Crippen molar-refractivity contribution in [1.29, 1.82) is 0 Å². The van der Waals surface area contributed by atoms with Crippen molar-refractivity contribution in [2.45, 2.75) is 0 Å². The van der Waals surface area contributed by atoms with Crippen molar-refractivity contribution in [3.63, 3.8) is 0 Å². The fraction of sp³-hybridized carbons (Fsp3) is 0.125. The first kappa shape index (κ1) is 13.9. The first-order valence-electron chi connectivity index (χ1n) is 6.64. The Bertz CT molecular complexity index is 815. The lowest BCUT2D eigenvalue weighted by atomic mass is 10.2. The maximum atomic E-state index is 9.90. The molecule has 6 heteroatoms. The number of ether oxygens (including phenoxy) is 2. The number of phenols is 1. The summed E-state index contributed by atoms with van der Waals surface area (Å²) in [5.41, 5.74) is 2.53. The summed E-state index contributed by atoms with van der Waals surface area (Å²) in [6.07, 6.45) is 3.30. The number of phenolic OH excluding ortho intramolecular Hbond substituents is 1. The molecule has 0 atom stereocenters. The highest BCUT2D eigenvalue weighted by Crippen LogP contribution is 2.36. The van der Waals surface area contributed by atoms with Crippen LogP contribution in [0.2, 0.25) is 0 Å². The van der Waals surface area contributed by atoms with Crippen LogP contribution in [0.15, 0.2) is 47.8 Å². The van der Waals surface area contributed by atoms with Gasteiger partial charge in [-0.1, -0.05) is 12.1 Å². The van der Waals surface area contributed by atoms with E-state index in [0.29, 0.717) is 11.5 Å². The highest BCUT2D eigenvalue weighted by atomic mass is 16.5. The summed E-state index contributed by atoms with van der Waals surface area (Å²) in [5.74, 6) is 0.628. The number of aromatic hydroxyl groups is 1. The van der Waals surface area contributed by atoms with Crippen molar-refractivity contribution in [1.82, 2.24) is 9.66 Å². The third-order valence-corrected chi connectivity index (χ3v) is 3.27. The molecule has 0 aliphatic carbocycles. The minimum Gasteiger partial charge on any atom is -0.502 e. The summed E-state index contributed by atoms with van der Waals surface area (Å²) in [6.45, 7) is 0. The zero-order valence-corrected chi connectivity index (χ0v) is 12.2. The molecule has 22 heavy (non-hydrogen) atoms. The molecule has 0 saturated heterocycles. The number of aromatic nitrogens is 2. The average Bonchev–Trinajstić information content (AvgIpc) is 2.97. The Morgan fingerprint density at radius 3 is 2.50 bits per heavy atom. The van der Waals surface area contributed by atoms with E-state index in [1.165, 1.54) is 14.2 Å². The van der Waals surface area contributed by atoms with Gasteiger partial charge in [-0.05, 0) is 24.3 Å². The zero-order valence-electron chi connectivity index (χ0n) is 12.2. The van der Waals surface area contributed by atoms with Crippen molar-refractivity contribution in [3.8, 4) is 17.2 Å². The molecular formula is C16H15N3O3. The highest BCUT2D eigenvalue weighted by Gasteiger charge is 2.10. The van der Waals surface area contributed by atoms with Crippen molar-refractivity contribution < 1.29 is 14.6 Å². The Balaban J connectivity index is 1.98. The van der Waals surface area contributed by atoms with Crippen LogP contribution < -0.4 is 9.47 Å². The van der Waals surface area contributed by atoms with E-state index in [1.807, 2.05) is 24.3 Å². The first-order chi connectivity index (χ1) is 10.7. The van der Waals surface area contributed by atoms with Crippen LogP contribution in [0.4, 0.5) is 0 Å². The molecular weight excluding hydrogens is 282 g/mol. The van der Waals surface area contributed by atoms with Crippen molar-refractivity contribution in [2.24, 2.45) is 5.10 Å². The fourth-order valence-corrected chi connectivity index (χ4v) is 2.16. The van der Waals surface area contributed by atoms with Crippen LogP contribution in [0.25, 0.3) is 11.0 Å². The van der Waals surface area contributed by atoms with Crippen LogP contribution in [0, 0.1) is 0 Å². The van der Waals surface area contributed by atoms with Gasteiger partial charge in [0.05, 0.1) is 31.5 Å². The summed E-state index contributed by atoms with van der Waals surface area (Å²) in [4.78, 5) is 4.27. The van der Waals surface area contributed by atoms with E-state index in [9.17, 15) is 5.11 Å². The molecule has 3 aromatic rings. The highest BCUT2D eigenvalue weighted by molar-refractivity contribution is 5.83. The monoisotopic (exact) mass is 297 g/mol. The first-order valence-corrected chi connectivity index (χ1v) is 6.64. The minimum atomic E-state index is -0.0322. The summed E-state index contributed by atoms with van der Waals surface area (Å²) in [6, 6.07) is 11.1. The van der Waals surface area contributed by atoms with E-state index in [0.717, 1.165) is 16.6 Å². The van der Waals surface area contributed by atoms with Gasteiger partial charge in [-0.3, -0.25) is 0 Å². The summed E-state index contributed by atoms with van der Waals surface area (Å²) >= 11 is 0. The molecule has 0 radical (unpaired) electrons. The molecule has 1 N–H and O–H groups in total. The van der Waals surface area contributed by atoms with Gasteiger partial charge in [-0.2, -0.15) is 5.10 Å². The normalized spacial score (nSPS) is 11.2. The van der Waals surface area contributed by atoms with Crippen molar-refractivity contribution in [3.05, 3.63) is 48.3 Å². The predicted octanol–water partition coefficient (Wildman–Crippen LogP) is 2.64. The lowest BCUT2D eigenvalue weighted by Gasteiger charge is -2.09. The third-order valence-electron chi connectivity index (χ3n) is 3.27. The van der Waals surface area contributed by atoms with Gasteiger partial charge in [0.15, 0.2) is 11.5 Å². The van der Waals surface area contributed by atoms with Crippen LogP contribution in [-0.2, 0) is 0 Å². The largest absolute Gasteiger partial charge is 0.502 e. The second-order valence-corrected chi connectivity index (χ2v) is 4.60. The van der Waals surface area contributed by atoms with Gasteiger partial charge in [0.25, 0.3) is 0 Å². The van der Waals surface area contributed by atoms with Crippen LogP contribution in [0.5, 0.6) is 17.2 Å². The molecule has 0 aliphatic rings. The molecule has 6 nitrogen and oxygen atoms in total. The smallest absolute Gasteiger partial charge is 0.200 e. The molecule has 0 aliphatic heterocycles. The lowest BCUT2D eigenvalue weighted by molar-refractivity contribution is 0.340. The number of rotatable bonds is 4. The molecule has 2 aromatic carbocycles. The Morgan fingerprint density at radius 1 is 1.14 bits per heavy atom. The minimum absolute atomic E-state index is 0.0322. The van der Waals surface area contributed by atoms with E-state index in [-0.39, 0.29) is 5.75 Å². The quantitative estimate of drug-likeness (QED) is 0.752. The van der Waals surface area contributed by atoms with Crippen molar-refractivity contribution >= 4 is 17.2 Å². The fourth-order valence-electron chi connectivity index (χ4n) is 2.16. The number of methoxy groups -OCH3 is 2. The molecule has 0 amide bonds. The maximum Gasteiger partial charge on any atom is 0.200 e. The van der Waals surface area contributed by atoms with E-state index in [2.05, 4.69) is 10.1 Å². The Kier molecular flexibility index (Phi) is 3.65. The average molecular weight is 297 g/mol. The van der Waals surface area contributed by atoms with Crippen LogP contribution in [0.3, 0.4) is 0 Å². The molecule has 112 valence electrons. The second kappa shape index (κ2) is 5.77. The number of benzene rings is 2. The van der Waals surface area contributed by atoms with E-state index < -0.39 is 0 Å². The molecule has 1 heterocycles. The molecule has 3 rings (SSSR count). The van der Waals surface area contributed by atoms with Gasteiger partial charge in [0.1, 0.15) is 6.33 Å². The lowest BCUT2D eigenvalue weighted by Crippen LogP contribution is -1.93. The van der Waals surface area contributed by atoms with Gasteiger partial charge in [0, 0.05) is 5.56 Å². The number of hydrogen-bond acceptors (Lipinski definition) is 5. The topological polar surface area (TPSA) is 68.9 Å². The maximum absolute atomic E-state index is 9.90. The van der Waals surface area contributed by atoms with Crippen molar-refractivity contribution in [2.75, 3.05) is 14.2 Å². The molecule has 0 saturated carbocycles. The molecule has 0 spiro atoms. The number of hydrogen-bond donors (Lipinski definition) is 1. The van der Waals surface area contributed by atoms with E-state index in [1.54, 1.807) is 29.4 Å². The van der Waals surface area contributed by atoms with E-state index in [4.69, 9.17) is 9.47 Å². The SMILES string of the molecule is COc1cc(/C=N/n2cnc3ccccc32)cc(OC)c1O. The second-order valence-electron chi connectivity index (χ2n) is 4.60. The Labute approximate surface area is 127 Å². The van der Waals surface area contributed by atoms with Gasteiger partial charge < -0.3 is 14.6 Å². The molecule has 0 fully saturated rings. The number of para-hydroxylation sites is 2. The number of fused-ring (bicyclic) bond motifs is 1. The van der Waals surface area contributed by atoms with Gasteiger partial charge in [-0.25, -0.2) is 9.66 Å². The molecule has 0 unspecified atom stereocenters. The standard InChI is InChI=1S/C16H15N3O3/c1-21-14-7-11(8-15(22-2)16(14)20)9-18-19-10-17-12-5-3-4-6-13(12)19/h3-10,20H,1-2H3/b18-9+. The molecule has 0 bridgehead atoms. The van der Waals surface area contributed by atoms with Crippen LogP contribution >= 0.6 is 0 Å². The number of imidazole rings is 1. The Hall–Kier alpha value is -3.02. The summed E-state index contributed by atoms with van der Waals surface area (Å²) in [5, 5.41) is 14.3. The van der Waals surface area contributed by atoms with Crippen LogP contribution in [0.1, 0.15) is 5.56 Å². The number of nitrogens with zero attached hydrogens (tertiary/aromatic N) is 3. The van der Waals surface area contributed by atoms with Gasteiger partial charge in [-0.15, -0.1) is 0 Å². The summed E-state index contributed by atoms with van der Waals surface area (Å²) in [7, 11) is 2.97. The summed E-state index contributed by atoms with van der Waals surface area (Å²) < 4.78 is 11.9. The Morgan fingerprint density at radius 2 is 1.82 bits per heavy atom.